The largest absolute Gasteiger partial charge is 0.332 e. The summed E-state index contributed by atoms with van der Waals surface area (Å²) in [5.74, 6) is 2.58. The van der Waals surface area contributed by atoms with Gasteiger partial charge in [-0.1, -0.05) is 30.3 Å². The number of rotatable bonds is 3. The number of quaternary nitrogens is 1. The molecule has 0 aliphatic heterocycles. The van der Waals surface area contributed by atoms with E-state index < -0.39 is 0 Å². The van der Waals surface area contributed by atoms with Crippen LogP contribution < -0.4 is 5.32 Å². The van der Waals surface area contributed by atoms with Gasteiger partial charge in [-0.2, -0.15) is 0 Å². The van der Waals surface area contributed by atoms with Gasteiger partial charge in [0.25, 0.3) is 0 Å². The minimum atomic E-state index is 0.759. The van der Waals surface area contributed by atoms with E-state index in [1.807, 2.05) is 18.2 Å². The van der Waals surface area contributed by atoms with Crippen LogP contribution in [0.15, 0.2) is 30.3 Å². The van der Waals surface area contributed by atoms with Crippen molar-refractivity contribution in [2.75, 3.05) is 6.54 Å². The molecule has 0 radical (unpaired) electrons. The predicted molar refractivity (Wildman–Crippen MR) is 45.8 cm³/mol. The molecular formula is C10H12N+. The number of nitrogens with two attached hydrogens (primary N) is 1. The van der Waals surface area contributed by atoms with E-state index in [1.54, 1.807) is 0 Å². The van der Waals surface area contributed by atoms with Crippen molar-refractivity contribution in [3.8, 4) is 12.3 Å². The Bertz CT molecular complexity index is 233. The van der Waals surface area contributed by atoms with Crippen molar-refractivity contribution in [1.29, 1.82) is 0 Å². The molecule has 0 amide bonds. The zero-order valence-electron chi connectivity index (χ0n) is 6.46. The van der Waals surface area contributed by atoms with Gasteiger partial charge in [0.1, 0.15) is 13.1 Å². The average Bonchev–Trinajstić information content (AvgIpc) is 2.07. The van der Waals surface area contributed by atoms with Crippen LogP contribution in [0.25, 0.3) is 0 Å². The average molecular weight is 146 g/mol. The fourth-order valence-corrected chi connectivity index (χ4v) is 0.936. The van der Waals surface area contributed by atoms with Crippen LogP contribution in [0.2, 0.25) is 0 Å². The smallest absolute Gasteiger partial charge is 0.137 e. The van der Waals surface area contributed by atoms with Crippen molar-refractivity contribution < 1.29 is 5.32 Å². The van der Waals surface area contributed by atoms with E-state index >= 15 is 0 Å². The zero-order valence-corrected chi connectivity index (χ0v) is 6.46. The monoisotopic (exact) mass is 146 g/mol. The van der Waals surface area contributed by atoms with Gasteiger partial charge in [0.05, 0.1) is 0 Å². The standard InChI is InChI=1S/C10H11N/c1-2-8-11-9-10-6-4-3-5-7-10/h1,3-7,11H,8-9H2/p+1. The minimum absolute atomic E-state index is 0.759. The lowest BCUT2D eigenvalue weighted by molar-refractivity contribution is -0.660. The Kier molecular flexibility index (Phi) is 3.24. The van der Waals surface area contributed by atoms with Crippen molar-refractivity contribution >= 4 is 0 Å². The summed E-state index contributed by atoms with van der Waals surface area (Å²) in [7, 11) is 0. The first-order valence-corrected chi connectivity index (χ1v) is 3.72. The third-order valence-corrected chi connectivity index (χ3v) is 1.49. The van der Waals surface area contributed by atoms with E-state index in [4.69, 9.17) is 6.42 Å². The molecule has 0 atom stereocenters. The highest BCUT2D eigenvalue weighted by Crippen LogP contribution is 1.93. The fraction of sp³-hybridized carbons (Fsp3) is 0.200. The van der Waals surface area contributed by atoms with Crippen LogP contribution in [0.1, 0.15) is 5.56 Å². The maximum absolute atomic E-state index is 5.11. The summed E-state index contributed by atoms with van der Waals surface area (Å²) in [6.07, 6.45) is 5.11. The van der Waals surface area contributed by atoms with E-state index in [2.05, 4.69) is 23.4 Å². The zero-order chi connectivity index (χ0) is 7.94. The van der Waals surface area contributed by atoms with Crippen LogP contribution in [0.3, 0.4) is 0 Å². The molecule has 0 fully saturated rings. The minimum Gasteiger partial charge on any atom is -0.332 e. The fourth-order valence-electron chi connectivity index (χ4n) is 0.936. The SMILES string of the molecule is C#CC[NH2+]Cc1ccccc1. The lowest BCUT2D eigenvalue weighted by Crippen LogP contribution is -2.82. The lowest BCUT2D eigenvalue weighted by atomic mass is 10.2. The molecule has 0 aromatic heterocycles. The Labute approximate surface area is 67.4 Å². The maximum Gasteiger partial charge on any atom is 0.137 e. The molecule has 1 rings (SSSR count). The highest BCUT2D eigenvalue weighted by atomic mass is 14.8. The van der Waals surface area contributed by atoms with Gasteiger partial charge in [0.15, 0.2) is 0 Å². The molecule has 56 valence electrons. The first kappa shape index (κ1) is 7.84. The summed E-state index contributed by atoms with van der Waals surface area (Å²) >= 11 is 0. The topological polar surface area (TPSA) is 16.6 Å². The van der Waals surface area contributed by atoms with E-state index in [0.717, 1.165) is 13.1 Å². The van der Waals surface area contributed by atoms with Crippen molar-refractivity contribution in [3.63, 3.8) is 0 Å². The van der Waals surface area contributed by atoms with Crippen molar-refractivity contribution in [2.24, 2.45) is 0 Å². The van der Waals surface area contributed by atoms with Gasteiger partial charge in [0, 0.05) is 5.56 Å². The van der Waals surface area contributed by atoms with Crippen LogP contribution in [-0.4, -0.2) is 6.54 Å². The first-order chi connectivity index (χ1) is 5.43. The summed E-state index contributed by atoms with van der Waals surface area (Å²) in [5, 5.41) is 2.11. The van der Waals surface area contributed by atoms with Gasteiger partial charge in [-0.05, 0) is 5.92 Å². The number of benzene rings is 1. The molecule has 0 spiro atoms. The molecule has 0 heterocycles. The molecule has 0 aliphatic rings. The molecule has 0 saturated carbocycles. The van der Waals surface area contributed by atoms with E-state index in [0.29, 0.717) is 0 Å². The number of hydrogen-bond donors (Lipinski definition) is 1. The van der Waals surface area contributed by atoms with Crippen molar-refractivity contribution in [3.05, 3.63) is 35.9 Å². The number of hydrogen-bond acceptors (Lipinski definition) is 0. The van der Waals surface area contributed by atoms with Gasteiger partial charge in [0.2, 0.25) is 0 Å². The van der Waals surface area contributed by atoms with Crippen molar-refractivity contribution in [1.82, 2.24) is 0 Å². The molecule has 1 aromatic carbocycles. The molecule has 0 saturated heterocycles. The van der Waals surface area contributed by atoms with E-state index in [1.165, 1.54) is 5.56 Å². The Balaban J connectivity index is 2.35. The Morgan fingerprint density at radius 2 is 2.00 bits per heavy atom. The second-order valence-electron chi connectivity index (χ2n) is 2.39. The quantitative estimate of drug-likeness (QED) is 0.469. The molecular weight excluding hydrogens is 134 g/mol. The second kappa shape index (κ2) is 4.54. The van der Waals surface area contributed by atoms with Crippen LogP contribution in [0.5, 0.6) is 0 Å². The van der Waals surface area contributed by atoms with Gasteiger partial charge in [-0.25, -0.2) is 0 Å². The first-order valence-electron chi connectivity index (χ1n) is 3.72. The lowest BCUT2D eigenvalue weighted by Gasteiger charge is -1.96. The van der Waals surface area contributed by atoms with Crippen LogP contribution in [0.4, 0.5) is 0 Å². The Hall–Kier alpha value is -1.26. The third-order valence-electron chi connectivity index (χ3n) is 1.49. The molecule has 0 unspecified atom stereocenters. The summed E-state index contributed by atoms with van der Waals surface area (Å²) < 4.78 is 0. The summed E-state index contributed by atoms with van der Waals surface area (Å²) in [5.41, 5.74) is 1.32. The molecule has 0 bridgehead atoms. The van der Waals surface area contributed by atoms with Crippen LogP contribution in [-0.2, 0) is 6.54 Å². The van der Waals surface area contributed by atoms with E-state index in [-0.39, 0.29) is 0 Å². The summed E-state index contributed by atoms with van der Waals surface area (Å²) in [6, 6.07) is 10.3. The summed E-state index contributed by atoms with van der Waals surface area (Å²) in [4.78, 5) is 0. The Morgan fingerprint density at radius 3 is 2.64 bits per heavy atom. The number of terminal acetylenes is 1. The van der Waals surface area contributed by atoms with Gasteiger partial charge < -0.3 is 5.32 Å². The molecule has 1 aromatic rings. The van der Waals surface area contributed by atoms with Crippen LogP contribution >= 0.6 is 0 Å². The van der Waals surface area contributed by atoms with Crippen LogP contribution in [0, 0.1) is 12.3 Å². The molecule has 0 aliphatic carbocycles. The molecule has 2 N–H and O–H groups in total. The highest BCUT2D eigenvalue weighted by molar-refractivity contribution is 5.12. The summed E-state index contributed by atoms with van der Waals surface area (Å²) in [6.45, 7) is 1.74. The van der Waals surface area contributed by atoms with Gasteiger partial charge in [-0.15, -0.1) is 6.42 Å². The highest BCUT2D eigenvalue weighted by Gasteiger charge is 1.89. The molecule has 1 heteroatoms. The van der Waals surface area contributed by atoms with Gasteiger partial charge >= 0.3 is 0 Å². The normalized spacial score (nSPS) is 9.00. The molecule has 11 heavy (non-hydrogen) atoms. The predicted octanol–water partition coefficient (Wildman–Crippen LogP) is 0.383. The Morgan fingerprint density at radius 1 is 1.27 bits per heavy atom. The third kappa shape index (κ3) is 2.88. The van der Waals surface area contributed by atoms with Crippen molar-refractivity contribution in [2.45, 2.75) is 6.54 Å². The van der Waals surface area contributed by atoms with E-state index in [9.17, 15) is 0 Å². The maximum atomic E-state index is 5.11. The molecule has 1 nitrogen and oxygen atoms in total. The van der Waals surface area contributed by atoms with Gasteiger partial charge in [-0.3, -0.25) is 0 Å². The second-order valence-corrected chi connectivity index (χ2v) is 2.39.